The van der Waals surface area contributed by atoms with Gasteiger partial charge in [-0.15, -0.1) is 0 Å². The van der Waals surface area contributed by atoms with E-state index in [1.54, 1.807) is 33.5 Å². The highest BCUT2D eigenvalue weighted by atomic mass is 16.5. The molecule has 0 saturated heterocycles. The van der Waals surface area contributed by atoms with Gasteiger partial charge in [0.1, 0.15) is 12.4 Å². The van der Waals surface area contributed by atoms with Gasteiger partial charge in [-0.1, -0.05) is 13.3 Å². The number of likely N-dealkylation sites (N-methyl/N-ethyl adjacent to an activating group) is 1. The van der Waals surface area contributed by atoms with Crippen LogP contribution < -0.4 is 24.3 Å². The van der Waals surface area contributed by atoms with Crippen molar-refractivity contribution in [3.63, 3.8) is 0 Å². The fourth-order valence-electron chi connectivity index (χ4n) is 2.00. The number of ether oxygens (including phenoxy) is 4. The second kappa shape index (κ2) is 8.53. The molecular weight excluding hydrogens is 258 g/mol. The first-order chi connectivity index (χ1) is 9.69. The molecule has 1 aromatic carbocycles. The molecular formula is C15H25NO4. The lowest BCUT2D eigenvalue weighted by atomic mass is 10.2. The van der Waals surface area contributed by atoms with Crippen molar-refractivity contribution in [1.29, 1.82) is 0 Å². The summed E-state index contributed by atoms with van der Waals surface area (Å²) in [7, 11) is 6.71. The van der Waals surface area contributed by atoms with Crippen LogP contribution in [0.4, 0.5) is 0 Å². The van der Waals surface area contributed by atoms with E-state index in [0.717, 1.165) is 12.8 Å². The van der Waals surface area contributed by atoms with E-state index >= 15 is 0 Å². The normalized spacial score (nSPS) is 11.8. The summed E-state index contributed by atoms with van der Waals surface area (Å²) < 4.78 is 21.7. The topological polar surface area (TPSA) is 49.0 Å². The van der Waals surface area contributed by atoms with Crippen molar-refractivity contribution in [2.75, 3.05) is 35.0 Å². The van der Waals surface area contributed by atoms with Crippen LogP contribution in [0.2, 0.25) is 0 Å². The first-order valence-electron chi connectivity index (χ1n) is 6.80. The highest BCUT2D eigenvalue weighted by Gasteiger charge is 2.14. The van der Waals surface area contributed by atoms with Crippen LogP contribution in [0.1, 0.15) is 19.8 Å². The predicted molar refractivity (Wildman–Crippen MR) is 79.3 cm³/mol. The summed E-state index contributed by atoms with van der Waals surface area (Å²) in [4.78, 5) is 0. The van der Waals surface area contributed by atoms with Crippen molar-refractivity contribution in [3.05, 3.63) is 12.1 Å². The van der Waals surface area contributed by atoms with Crippen molar-refractivity contribution < 1.29 is 18.9 Å². The molecule has 0 fully saturated rings. The number of hydrogen-bond acceptors (Lipinski definition) is 5. The smallest absolute Gasteiger partial charge is 0.203 e. The van der Waals surface area contributed by atoms with E-state index in [9.17, 15) is 0 Å². The largest absolute Gasteiger partial charge is 0.493 e. The number of rotatable bonds is 9. The first kappa shape index (κ1) is 16.4. The Morgan fingerprint density at radius 2 is 1.65 bits per heavy atom. The molecule has 0 spiro atoms. The van der Waals surface area contributed by atoms with Crippen LogP contribution in [-0.2, 0) is 0 Å². The second-order valence-corrected chi connectivity index (χ2v) is 4.45. The average molecular weight is 283 g/mol. The molecule has 0 aliphatic carbocycles. The minimum absolute atomic E-state index is 0.332. The molecule has 5 heteroatoms. The highest BCUT2D eigenvalue weighted by molar-refractivity contribution is 5.55. The van der Waals surface area contributed by atoms with Crippen molar-refractivity contribution in [2.24, 2.45) is 0 Å². The van der Waals surface area contributed by atoms with E-state index < -0.39 is 0 Å². The monoisotopic (exact) mass is 283 g/mol. The molecule has 0 saturated carbocycles. The molecule has 0 radical (unpaired) electrons. The van der Waals surface area contributed by atoms with Crippen molar-refractivity contribution >= 4 is 0 Å². The molecule has 0 amide bonds. The molecule has 5 nitrogen and oxygen atoms in total. The molecule has 0 bridgehead atoms. The number of benzene rings is 1. The third-order valence-electron chi connectivity index (χ3n) is 3.13. The van der Waals surface area contributed by atoms with Crippen molar-refractivity contribution in [1.82, 2.24) is 5.32 Å². The second-order valence-electron chi connectivity index (χ2n) is 4.45. The van der Waals surface area contributed by atoms with Crippen LogP contribution in [-0.4, -0.2) is 41.0 Å². The minimum atomic E-state index is 0.332. The van der Waals surface area contributed by atoms with Crippen LogP contribution in [0.3, 0.4) is 0 Å². The predicted octanol–water partition coefficient (Wildman–Crippen LogP) is 2.48. The van der Waals surface area contributed by atoms with Gasteiger partial charge in [0.15, 0.2) is 11.5 Å². The summed E-state index contributed by atoms with van der Waals surface area (Å²) in [5, 5.41) is 3.24. The zero-order valence-corrected chi connectivity index (χ0v) is 13.0. The van der Waals surface area contributed by atoms with Gasteiger partial charge in [0.2, 0.25) is 5.75 Å². The number of nitrogens with one attached hydrogen (secondary N) is 1. The van der Waals surface area contributed by atoms with E-state index in [1.165, 1.54) is 0 Å². The Bertz CT molecular complexity index is 384. The standard InChI is InChI=1S/C15H25NO4/c1-6-7-11(16-2)10-20-12-8-13(17-3)15(19-5)14(9-12)18-4/h8-9,11,16H,6-7,10H2,1-5H3. The molecule has 20 heavy (non-hydrogen) atoms. The lowest BCUT2D eigenvalue weighted by Gasteiger charge is -2.18. The van der Waals surface area contributed by atoms with E-state index in [1.807, 2.05) is 7.05 Å². The number of hydrogen-bond donors (Lipinski definition) is 1. The Balaban J connectivity index is 2.85. The molecule has 1 aromatic rings. The quantitative estimate of drug-likeness (QED) is 0.754. The highest BCUT2D eigenvalue weighted by Crippen LogP contribution is 2.40. The van der Waals surface area contributed by atoms with Gasteiger partial charge in [-0.2, -0.15) is 0 Å². The summed E-state index contributed by atoms with van der Waals surface area (Å²) in [6.07, 6.45) is 2.19. The molecule has 114 valence electrons. The van der Waals surface area contributed by atoms with Crippen molar-refractivity contribution in [3.8, 4) is 23.0 Å². The Morgan fingerprint density at radius 3 is 2.05 bits per heavy atom. The maximum Gasteiger partial charge on any atom is 0.203 e. The maximum atomic E-state index is 5.82. The molecule has 0 aromatic heterocycles. The fourth-order valence-corrected chi connectivity index (χ4v) is 2.00. The SMILES string of the molecule is CCCC(COc1cc(OC)c(OC)c(OC)c1)NC. The van der Waals surface area contributed by atoms with E-state index in [-0.39, 0.29) is 0 Å². The lowest BCUT2D eigenvalue weighted by Crippen LogP contribution is -2.31. The summed E-state index contributed by atoms with van der Waals surface area (Å²) in [6, 6.07) is 3.94. The van der Waals surface area contributed by atoms with Crippen LogP contribution in [0, 0.1) is 0 Å². The molecule has 0 aliphatic rings. The molecule has 1 rings (SSSR count). The van der Waals surface area contributed by atoms with Gasteiger partial charge >= 0.3 is 0 Å². The first-order valence-corrected chi connectivity index (χ1v) is 6.80. The van der Waals surface area contributed by atoms with Gasteiger partial charge in [0, 0.05) is 18.2 Å². The zero-order chi connectivity index (χ0) is 15.0. The van der Waals surface area contributed by atoms with Gasteiger partial charge in [0.05, 0.1) is 21.3 Å². The van der Waals surface area contributed by atoms with Crippen LogP contribution >= 0.6 is 0 Å². The van der Waals surface area contributed by atoms with E-state index in [2.05, 4.69) is 12.2 Å². The molecule has 0 heterocycles. The van der Waals surface area contributed by atoms with Gasteiger partial charge in [0.25, 0.3) is 0 Å². The summed E-state index contributed by atoms with van der Waals surface area (Å²) in [6.45, 7) is 2.76. The summed E-state index contributed by atoms with van der Waals surface area (Å²) >= 11 is 0. The molecule has 0 aliphatic heterocycles. The Kier molecular flexibility index (Phi) is 7.01. The van der Waals surface area contributed by atoms with Crippen LogP contribution in [0.15, 0.2) is 12.1 Å². The van der Waals surface area contributed by atoms with E-state index in [0.29, 0.717) is 35.6 Å². The number of methoxy groups -OCH3 is 3. The van der Waals surface area contributed by atoms with Gasteiger partial charge in [-0.25, -0.2) is 0 Å². The van der Waals surface area contributed by atoms with Crippen LogP contribution in [0.25, 0.3) is 0 Å². The molecule has 1 unspecified atom stereocenters. The summed E-state index contributed by atoms with van der Waals surface area (Å²) in [5.74, 6) is 2.47. The molecule has 1 N–H and O–H groups in total. The van der Waals surface area contributed by atoms with E-state index in [4.69, 9.17) is 18.9 Å². The third kappa shape index (κ3) is 4.20. The Labute approximate surface area is 121 Å². The van der Waals surface area contributed by atoms with Crippen molar-refractivity contribution in [2.45, 2.75) is 25.8 Å². The Hall–Kier alpha value is -1.62. The Morgan fingerprint density at radius 1 is 1.05 bits per heavy atom. The average Bonchev–Trinajstić information content (AvgIpc) is 2.49. The fraction of sp³-hybridized carbons (Fsp3) is 0.600. The van der Waals surface area contributed by atoms with Gasteiger partial charge < -0.3 is 24.3 Å². The van der Waals surface area contributed by atoms with Crippen LogP contribution in [0.5, 0.6) is 23.0 Å². The lowest BCUT2D eigenvalue weighted by molar-refractivity contribution is 0.257. The summed E-state index contributed by atoms with van der Waals surface area (Å²) in [5.41, 5.74) is 0. The zero-order valence-electron chi connectivity index (χ0n) is 13.0. The minimum Gasteiger partial charge on any atom is -0.493 e. The third-order valence-corrected chi connectivity index (χ3v) is 3.13. The molecule has 1 atom stereocenters. The van der Waals surface area contributed by atoms with Gasteiger partial charge in [-0.05, 0) is 13.5 Å². The maximum absolute atomic E-state index is 5.82. The van der Waals surface area contributed by atoms with Gasteiger partial charge in [-0.3, -0.25) is 0 Å².